The van der Waals surface area contributed by atoms with E-state index >= 15 is 0 Å². The van der Waals surface area contributed by atoms with Gasteiger partial charge in [0.15, 0.2) is 0 Å². The van der Waals surface area contributed by atoms with Gasteiger partial charge in [0, 0.05) is 24.4 Å². The molecule has 8 nitrogen and oxygen atoms in total. The molecule has 3 N–H and O–H groups in total. The van der Waals surface area contributed by atoms with E-state index in [2.05, 4.69) is 20.8 Å². The van der Waals surface area contributed by atoms with Crippen molar-refractivity contribution in [3.05, 3.63) is 33.8 Å². The summed E-state index contributed by atoms with van der Waals surface area (Å²) in [6, 6.07) is 3.22. The number of hydrazone groups is 1. The predicted octanol–water partition coefficient (Wildman–Crippen LogP) is -0.697. The lowest BCUT2D eigenvalue weighted by atomic mass is 9.95. The van der Waals surface area contributed by atoms with E-state index in [0.29, 0.717) is 34.5 Å². The molecule has 28 heavy (non-hydrogen) atoms. The SMILES string of the molecule is Bc1cc2ncn(C/C(C[C@H]3NCCC[C@@H]3O)=N\NC(C)=O)c(=O)c2cc1Cl. The molecule has 1 amide bonds. The number of carbonyl (C=O) groups is 1. The van der Waals surface area contributed by atoms with E-state index in [0.717, 1.165) is 18.4 Å². The van der Waals surface area contributed by atoms with E-state index in [-0.39, 0.29) is 24.1 Å². The number of carbonyl (C=O) groups excluding carboxylic acids is 1. The zero-order valence-electron chi connectivity index (χ0n) is 15.9. The summed E-state index contributed by atoms with van der Waals surface area (Å²) in [4.78, 5) is 28.5. The van der Waals surface area contributed by atoms with Crippen LogP contribution in [0.15, 0.2) is 28.4 Å². The molecule has 1 aliphatic rings. The molecule has 1 saturated heterocycles. The first kappa shape index (κ1) is 20.5. The summed E-state index contributed by atoms with van der Waals surface area (Å²) in [7, 11) is 1.86. The molecule has 0 aliphatic carbocycles. The third kappa shape index (κ3) is 4.78. The molecule has 2 heterocycles. The number of fused-ring (bicyclic) bond motifs is 1. The number of hydrogen-bond acceptors (Lipinski definition) is 6. The van der Waals surface area contributed by atoms with Crippen LogP contribution in [-0.2, 0) is 11.3 Å². The fourth-order valence-corrected chi connectivity index (χ4v) is 3.46. The van der Waals surface area contributed by atoms with Crippen LogP contribution in [0.4, 0.5) is 0 Å². The number of aliphatic hydroxyl groups is 1. The first-order chi connectivity index (χ1) is 13.3. The van der Waals surface area contributed by atoms with E-state index < -0.39 is 6.10 Å². The second-order valence-electron chi connectivity index (χ2n) is 7.12. The van der Waals surface area contributed by atoms with E-state index in [1.807, 2.05) is 7.85 Å². The summed E-state index contributed by atoms with van der Waals surface area (Å²) in [5.41, 5.74) is 4.18. The van der Waals surface area contributed by atoms with E-state index in [1.54, 1.807) is 12.1 Å². The summed E-state index contributed by atoms with van der Waals surface area (Å²) in [6.45, 7) is 2.33. The lowest BCUT2D eigenvalue weighted by Gasteiger charge is -2.29. The molecule has 148 valence electrons. The molecule has 10 heteroatoms. The number of aromatic nitrogens is 2. The van der Waals surface area contributed by atoms with E-state index in [1.165, 1.54) is 17.8 Å². The summed E-state index contributed by atoms with van der Waals surface area (Å²) in [5, 5.41) is 18.6. The molecule has 0 saturated carbocycles. The third-order valence-electron chi connectivity index (χ3n) is 4.83. The first-order valence-electron chi connectivity index (χ1n) is 9.24. The number of amides is 1. The summed E-state index contributed by atoms with van der Waals surface area (Å²) in [5.74, 6) is -0.305. The highest BCUT2D eigenvalue weighted by Crippen LogP contribution is 2.14. The van der Waals surface area contributed by atoms with Crippen LogP contribution in [-0.4, -0.2) is 52.8 Å². The van der Waals surface area contributed by atoms with Crippen LogP contribution in [0.1, 0.15) is 26.2 Å². The monoisotopic (exact) mass is 403 g/mol. The number of nitrogens with one attached hydrogen (secondary N) is 2. The Labute approximate surface area is 168 Å². The Morgan fingerprint density at radius 3 is 3.04 bits per heavy atom. The molecule has 0 bridgehead atoms. The van der Waals surface area contributed by atoms with Gasteiger partial charge in [0.1, 0.15) is 7.85 Å². The second kappa shape index (κ2) is 8.85. The number of hydrogen-bond donors (Lipinski definition) is 3. The van der Waals surface area contributed by atoms with Gasteiger partial charge in [-0.1, -0.05) is 17.1 Å². The zero-order chi connectivity index (χ0) is 20.3. The Morgan fingerprint density at radius 2 is 2.32 bits per heavy atom. The van der Waals surface area contributed by atoms with Gasteiger partial charge in [0.05, 0.1) is 35.6 Å². The van der Waals surface area contributed by atoms with Crippen molar-refractivity contribution < 1.29 is 9.90 Å². The minimum Gasteiger partial charge on any atom is -0.391 e. The Hall–Kier alpha value is -2.23. The van der Waals surface area contributed by atoms with Crippen LogP contribution >= 0.6 is 11.6 Å². The van der Waals surface area contributed by atoms with Crippen molar-refractivity contribution in [3.63, 3.8) is 0 Å². The van der Waals surface area contributed by atoms with Crippen LogP contribution in [0, 0.1) is 0 Å². The van der Waals surface area contributed by atoms with Crippen molar-refractivity contribution in [2.24, 2.45) is 5.10 Å². The molecular weight excluding hydrogens is 380 g/mol. The summed E-state index contributed by atoms with van der Waals surface area (Å²) >= 11 is 6.16. The molecule has 0 unspecified atom stereocenters. The molecule has 1 aliphatic heterocycles. The topological polar surface area (TPSA) is 109 Å². The lowest BCUT2D eigenvalue weighted by molar-refractivity contribution is -0.118. The van der Waals surface area contributed by atoms with Crippen LogP contribution in [0.2, 0.25) is 5.02 Å². The maximum Gasteiger partial charge on any atom is 0.261 e. The van der Waals surface area contributed by atoms with E-state index in [9.17, 15) is 14.7 Å². The summed E-state index contributed by atoms with van der Waals surface area (Å²) in [6.07, 6.45) is 2.99. The zero-order valence-corrected chi connectivity index (χ0v) is 16.7. The van der Waals surface area contributed by atoms with Gasteiger partial charge in [-0.15, -0.1) is 0 Å². The van der Waals surface area contributed by atoms with Gasteiger partial charge >= 0.3 is 0 Å². The molecule has 1 fully saturated rings. The van der Waals surface area contributed by atoms with Gasteiger partial charge in [-0.25, -0.2) is 10.4 Å². The van der Waals surface area contributed by atoms with Crippen LogP contribution in [0.25, 0.3) is 10.9 Å². The molecule has 1 aromatic carbocycles. The molecule has 0 radical (unpaired) electrons. The molecule has 3 rings (SSSR count). The lowest BCUT2D eigenvalue weighted by Crippen LogP contribution is -2.46. The normalized spacial score (nSPS) is 20.3. The van der Waals surface area contributed by atoms with E-state index in [4.69, 9.17) is 11.6 Å². The maximum atomic E-state index is 12.9. The Kier molecular flexibility index (Phi) is 6.48. The predicted molar refractivity (Wildman–Crippen MR) is 112 cm³/mol. The fraction of sp³-hybridized carbons (Fsp3) is 0.444. The third-order valence-corrected chi connectivity index (χ3v) is 5.24. The minimum atomic E-state index is -0.496. The second-order valence-corrected chi connectivity index (χ2v) is 7.52. The van der Waals surface area contributed by atoms with Gasteiger partial charge in [0.25, 0.3) is 5.56 Å². The van der Waals surface area contributed by atoms with Gasteiger partial charge in [-0.05, 0) is 31.5 Å². The van der Waals surface area contributed by atoms with Crippen molar-refractivity contribution in [2.75, 3.05) is 6.54 Å². The number of benzene rings is 1. The fourth-order valence-electron chi connectivity index (χ4n) is 3.29. The minimum absolute atomic E-state index is 0.151. The van der Waals surface area contributed by atoms with Gasteiger partial charge in [-0.2, -0.15) is 5.10 Å². The van der Waals surface area contributed by atoms with Crippen LogP contribution in [0.3, 0.4) is 0 Å². The van der Waals surface area contributed by atoms with Gasteiger partial charge in [0.2, 0.25) is 5.91 Å². The van der Waals surface area contributed by atoms with Crippen LogP contribution < -0.4 is 21.8 Å². The standard InChI is InChI=1S/C18H23BClN5O3/c1-10(26)23-24-11(5-16-17(27)3-2-4-21-16)8-25-9-22-15-7-13(19)14(20)6-12(15)18(25)28/h6-7,9,16-17,21,27H,2-5,8,19H2,1H3,(H,23,26)/b24-11-/t16-,17+/m1/s1. The Balaban J connectivity index is 1.90. The van der Waals surface area contributed by atoms with Crippen molar-refractivity contribution in [2.45, 2.75) is 44.9 Å². The van der Waals surface area contributed by atoms with Crippen molar-refractivity contribution >= 4 is 47.4 Å². The Morgan fingerprint density at radius 1 is 1.54 bits per heavy atom. The average Bonchev–Trinajstić information content (AvgIpc) is 2.65. The number of rotatable bonds is 5. The first-order valence-corrected chi connectivity index (χ1v) is 9.61. The highest BCUT2D eigenvalue weighted by Gasteiger charge is 2.24. The number of nitrogens with zero attached hydrogens (tertiary/aromatic N) is 3. The number of halogens is 1. The Bertz CT molecular complexity index is 978. The smallest absolute Gasteiger partial charge is 0.261 e. The number of piperidine rings is 1. The van der Waals surface area contributed by atoms with Gasteiger partial charge in [-0.3, -0.25) is 14.2 Å². The van der Waals surface area contributed by atoms with Crippen molar-refractivity contribution in [3.8, 4) is 0 Å². The van der Waals surface area contributed by atoms with Gasteiger partial charge < -0.3 is 10.4 Å². The highest BCUT2D eigenvalue weighted by molar-refractivity contribution is 6.45. The quantitative estimate of drug-likeness (QED) is 0.348. The van der Waals surface area contributed by atoms with Crippen molar-refractivity contribution in [1.82, 2.24) is 20.3 Å². The molecular formula is C18H23BClN5O3. The average molecular weight is 404 g/mol. The molecule has 0 spiro atoms. The molecule has 2 atom stereocenters. The maximum absolute atomic E-state index is 12.9. The number of aliphatic hydroxyl groups excluding tert-OH is 1. The largest absolute Gasteiger partial charge is 0.391 e. The summed E-state index contributed by atoms with van der Waals surface area (Å²) < 4.78 is 1.43. The van der Waals surface area contributed by atoms with Crippen LogP contribution in [0.5, 0.6) is 0 Å². The molecule has 1 aromatic heterocycles. The highest BCUT2D eigenvalue weighted by atomic mass is 35.5. The molecule has 2 aromatic rings. The van der Waals surface area contributed by atoms with Crippen molar-refractivity contribution in [1.29, 1.82) is 0 Å².